The molecule has 2 aromatic carbocycles. The van der Waals surface area contributed by atoms with Crippen LogP contribution in [0.15, 0.2) is 48.5 Å². The molecule has 1 atom stereocenters. The van der Waals surface area contributed by atoms with Crippen molar-refractivity contribution in [3.8, 4) is 11.5 Å². The summed E-state index contributed by atoms with van der Waals surface area (Å²) >= 11 is 6.33. The number of ether oxygens (including phenoxy) is 2. The van der Waals surface area contributed by atoms with Gasteiger partial charge in [-0.25, -0.2) is 0 Å². The fraction of sp³-hybridized carbons (Fsp3) is 0.409. The standard InChI is InChI=1S/C22H27ClN2O3/c1-3-27-20-10-6-7-11-21(20)28-16-22(26)25-14-12-24(13-15-25)17(2)18-8-4-5-9-19(18)23/h4-11,17H,3,12-16H2,1-2H3. The summed E-state index contributed by atoms with van der Waals surface area (Å²) in [6, 6.07) is 15.6. The van der Waals surface area contributed by atoms with Gasteiger partial charge in [-0.15, -0.1) is 0 Å². The van der Waals surface area contributed by atoms with Gasteiger partial charge in [0.1, 0.15) is 0 Å². The molecular formula is C22H27ClN2O3. The molecule has 1 aliphatic heterocycles. The van der Waals surface area contributed by atoms with E-state index < -0.39 is 0 Å². The molecule has 0 aromatic heterocycles. The second-order valence-electron chi connectivity index (χ2n) is 6.78. The second kappa shape index (κ2) is 9.80. The molecule has 1 aliphatic rings. The predicted octanol–water partition coefficient (Wildman–Crippen LogP) is 4.02. The summed E-state index contributed by atoms with van der Waals surface area (Å²) in [6.45, 7) is 7.65. The highest BCUT2D eigenvalue weighted by Crippen LogP contribution is 2.28. The summed E-state index contributed by atoms with van der Waals surface area (Å²) in [6.07, 6.45) is 0. The molecule has 1 amide bonds. The van der Waals surface area contributed by atoms with Crippen molar-refractivity contribution in [2.24, 2.45) is 0 Å². The molecule has 1 heterocycles. The van der Waals surface area contributed by atoms with Crippen molar-refractivity contribution >= 4 is 17.5 Å². The second-order valence-corrected chi connectivity index (χ2v) is 7.19. The number of carbonyl (C=O) groups excluding carboxylic acids is 1. The summed E-state index contributed by atoms with van der Waals surface area (Å²) in [5.74, 6) is 1.26. The zero-order chi connectivity index (χ0) is 19.9. The van der Waals surface area contributed by atoms with Crippen molar-refractivity contribution in [1.29, 1.82) is 0 Å². The average Bonchev–Trinajstić information content (AvgIpc) is 2.73. The molecular weight excluding hydrogens is 376 g/mol. The molecule has 0 N–H and O–H groups in total. The van der Waals surface area contributed by atoms with Crippen LogP contribution in [0.5, 0.6) is 11.5 Å². The SMILES string of the molecule is CCOc1ccccc1OCC(=O)N1CCN(C(C)c2ccccc2Cl)CC1. The monoisotopic (exact) mass is 402 g/mol. The lowest BCUT2D eigenvalue weighted by Crippen LogP contribution is -2.50. The van der Waals surface area contributed by atoms with E-state index in [1.807, 2.05) is 54.3 Å². The van der Waals surface area contributed by atoms with E-state index >= 15 is 0 Å². The van der Waals surface area contributed by atoms with Crippen molar-refractivity contribution in [2.45, 2.75) is 19.9 Å². The minimum Gasteiger partial charge on any atom is -0.490 e. The van der Waals surface area contributed by atoms with Gasteiger partial charge >= 0.3 is 0 Å². The first-order valence-corrected chi connectivity index (χ1v) is 10.1. The molecule has 6 heteroatoms. The number of hydrogen-bond donors (Lipinski definition) is 0. The van der Waals surface area contributed by atoms with Crippen LogP contribution in [-0.4, -0.2) is 55.1 Å². The van der Waals surface area contributed by atoms with Crippen molar-refractivity contribution in [2.75, 3.05) is 39.4 Å². The Labute approximate surface area is 171 Å². The van der Waals surface area contributed by atoms with Gasteiger partial charge in [-0.3, -0.25) is 9.69 Å². The van der Waals surface area contributed by atoms with Gasteiger partial charge in [0.05, 0.1) is 6.61 Å². The number of carbonyl (C=O) groups is 1. The van der Waals surface area contributed by atoms with E-state index in [2.05, 4.69) is 17.9 Å². The number of piperazine rings is 1. The Morgan fingerprint density at radius 3 is 2.25 bits per heavy atom. The van der Waals surface area contributed by atoms with Gasteiger partial charge in [0.25, 0.3) is 5.91 Å². The summed E-state index contributed by atoms with van der Waals surface area (Å²) in [5.41, 5.74) is 1.12. The van der Waals surface area contributed by atoms with Gasteiger partial charge < -0.3 is 14.4 Å². The molecule has 0 saturated carbocycles. The lowest BCUT2D eigenvalue weighted by Gasteiger charge is -2.38. The van der Waals surface area contributed by atoms with Crippen LogP contribution in [0.25, 0.3) is 0 Å². The van der Waals surface area contributed by atoms with E-state index in [9.17, 15) is 4.79 Å². The largest absolute Gasteiger partial charge is 0.490 e. The van der Waals surface area contributed by atoms with E-state index in [-0.39, 0.29) is 18.6 Å². The van der Waals surface area contributed by atoms with Crippen LogP contribution in [0.3, 0.4) is 0 Å². The Bertz CT molecular complexity index is 791. The fourth-order valence-corrected chi connectivity index (χ4v) is 3.74. The molecule has 1 saturated heterocycles. The van der Waals surface area contributed by atoms with Crippen LogP contribution in [0.4, 0.5) is 0 Å². The number of hydrogen-bond acceptors (Lipinski definition) is 4. The maximum atomic E-state index is 12.6. The summed E-state index contributed by atoms with van der Waals surface area (Å²) < 4.78 is 11.3. The quantitative estimate of drug-likeness (QED) is 0.701. The zero-order valence-electron chi connectivity index (χ0n) is 16.4. The van der Waals surface area contributed by atoms with Gasteiger partial charge in [0.15, 0.2) is 18.1 Å². The highest BCUT2D eigenvalue weighted by Gasteiger charge is 2.25. The maximum absolute atomic E-state index is 12.6. The van der Waals surface area contributed by atoms with Crippen molar-refractivity contribution in [3.63, 3.8) is 0 Å². The molecule has 150 valence electrons. The first-order valence-electron chi connectivity index (χ1n) is 9.71. The third kappa shape index (κ3) is 4.97. The normalized spacial score (nSPS) is 15.9. The fourth-order valence-electron chi connectivity index (χ4n) is 3.44. The average molecular weight is 403 g/mol. The smallest absolute Gasteiger partial charge is 0.260 e. The Kier molecular flexibility index (Phi) is 7.18. The summed E-state index contributed by atoms with van der Waals surface area (Å²) in [4.78, 5) is 16.8. The molecule has 0 radical (unpaired) electrons. The number of amides is 1. The first-order chi connectivity index (χ1) is 13.6. The van der Waals surface area contributed by atoms with E-state index in [0.717, 1.165) is 23.7 Å². The Hall–Kier alpha value is -2.24. The van der Waals surface area contributed by atoms with Gasteiger partial charge in [-0.05, 0) is 37.6 Å². The molecule has 1 unspecified atom stereocenters. The lowest BCUT2D eigenvalue weighted by molar-refractivity contribution is -0.135. The highest BCUT2D eigenvalue weighted by molar-refractivity contribution is 6.31. The molecule has 5 nitrogen and oxygen atoms in total. The van der Waals surface area contributed by atoms with Gasteiger partial charge in [-0.1, -0.05) is 41.9 Å². The van der Waals surface area contributed by atoms with Crippen molar-refractivity contribution in [3.05, 3.63) is 59.1 Å². The van der Waals surface area contributed by atoms with Crippen LogP contribution in [0.2, 0.25) is 5.02 Å². The van der Waals surface area contributed by atoms with Crippen LogP contribution in [0, 0.1) is 0 Å². The number of para-hydroxylation sites is 2. The minimum absolute atomic E-state index is 0.00338. The molecule has 3 rings (SSSR count). The van der Waals surface area contributed by atoms with Crippen LogP contribution >= 0.6 is 11.6 Å². The third-order valence-corrected chi connectivity index (χ3v) is 5.41. The summed E-state index contributed by atoms with van der Waals surface area (Å²) in [7, 11) is 0. The Morgan fingerprint density at radius 1 is 1.00 bits per heavy atom. The van der Waals surface area contributed by atoms with E-state index in [1.54, 1.807) is 0 Å². The molecule has 0 spiro atoms. The molecule has 28 heavy (non-hydrogen) atoms. The molecule has 0 bridgehead atoms. The number of benzene rings is 2. The number of nitrogens with zero attached hydrogens (tertiary/aromatic N) is 2. The van der Waals surface area contributed by atoms with E-state index in [1.165, 1.54) is 0 Å². The highest BCUT2D eigenvalue weighted by atomic mass is 35.5. The van der Waals surface area contributed by atoms with Gasteiger partial charge in [-0.2, -0.15) is 0 Å². The molecule has 0 aliphatic carbocycles. The summed E-state index contributed by atoms with van der Waals surface area (Å²) in [5, 5.41) is 0.787. The van der Waals surface area contributed by atoms with Crippen molar-refractivity contribution < 1.29 is 14.3 Å². The zero-order valence-corrected chi connectivity index (χ0v) is 17.2. The van der Waals surface area contributed by atoms with Gasteiger partial charge in [0, 0.05) is 37.2 Å². The van der Waals surface area contributed by atoms with E-state index in [0.29, 0.717) is 31.2 Å². The number of rotatable bonds is 7. The number of halogens is 1. The van der Waals surface area contributed by atoms with Crippen LogP contribution < -0.4 is 9.47 Å². The van der Waals surface area contributed by atoms with Crippen LogP contribution in [0.1, 0.15) is 25.5 Å². The topological polar surface area (TPSA) is 42.0 Å². The molecule has 1 fully saturated rings. The van der Waals surface area contributed by atoms with Crippen LogP contribution in [-0.2, 0) is 4.79 Å². The lowest BCUT2D eigenvalue weighted by atomic mass is 10.1. The van der Waals surface area contributed by atoms with E-state index in [4.69, 9.17) is 21.1 Å². The minimum atomic E-state index is -0.00338. The Morgan fingerprint density at radius 2 is 1.61 bits per heavy atom. The van der Waals surface area contributed by atoms with Gasteiger partial charge in [0.2, 0.25) is 0 Å². The Balaban J connectivity index is 1.51. The predicted molar refractivity (Wildman–Crippen MR) is 111 cm³/mol. The third-order valence-electron chi connectivity index (χ3n) is 5.07. The van der Waals surface area contributed by atoms with Crippen molar-refractivity contribution in [1.82, 2.24) is 9.80 Å². The first kappa shape index (κ1) is 20.5. The maximum Gasteiger partial charge on any atom is 0.260 e. The molecule has 2 aromatic rings.